The fourth-order valence-electron chi connectivity index (χ4n) is 1.80. The molecule has 6 nitrogen and oxygen atoms in total. The third-order valence-corrected chi connectivity index (χ3v) is 3.29. The van der Waals surface area contributed by atoms with Crippen molar-refractivity contribution in [3.05, 3.63) is 76.5 Å². The molecule has 0 aliphatic heterocycles. The van der Waals surface area contributed by atoms with Gasteiger partial charge in [0.25, 0.3) is 11.5 Å². The first kappa shape index (κ1) is 16.6. The maximum Gasteiger partial charge on any atom is 0.294 e. The van der Waals surface area contributed by atoms with Crippen LogP contribution in [0.25, 0.3) is 4.91 Å². The Labute approximate surface area is 138 Å². The standard InChI is InChI=1S/C16H15N3O3S/c1-2-6-11(23)14-18-12(13(20)16(22)19-14)15(21)17-9-10-7-4-3-5-8-10/h2-8,20,23H,1,9H2,(H,17,21)(H,18,19,22)/b11-6-. The summed E-state index contributed by atoms with van der Waals surface area (Å²) in [6.45, 7) is 3.76. The first-order chi connectivity index (χ1) is 11.0. The molecule has 7 heteroatoms. The molecule has 1 aromatic carbocycles. The molecule has 2 aromatic rings. The fourth-order valence-corrected chi connectivity index (χ4v) is 2.01. The second-order valence-corrected chi connectivity index (χ2v) is 5.05. The van der Waals surface area contributed by atoms with Gasteiger partial charge in [-0.25, -0.2) is 4.98 Å². The molecule has 2 rings (SSSR count). The normalized spacial score (nSPS) is 11.1. The van der Waals surface area contributed by atoms with Crippen molar-refractivity contribution in [1.29, 1.82) is 0 Å². The van der Waals surface area contributed by atoms with Gasteiger partial charge in [0, 0.05) is 11.4 Å². The van der Waals surface area contributed by atoms with E-state index < -0.39 is 17.2 Å². The van der Waals surface area contributed by atoms with Gasteiger partial charge in [0.15, 0.2) is 5.69 Å². The molecular weight excluding hydrogens is 314 g/mol. The quantitative estimate of drug-likeness (QED) is 0.497. The summed E-state index contributed by atoms with van der Waals surface area (Å²) in [6, 6.07) is 9.23. The number of H-pyrrole nitrogens is 1. The Morgan fingerprint density at radius 2 is 2.09 bits per heavy atom. The molecule has 3 N–H and O–H groups in total. The van der Waals surface area contributed by atoms with Crippen molar-refractivity contribution >= 4 is 23.4 Å². The van der Waals surface area contributed by atoms with Crippen LogP contribution in [0.4, 0.5) is 0 Å². The summed E-state index contributed by atoms with van der Waals surface area (Å²) in [7, 11) is 0. The minimum atomic E-state index is -0.816. The molecule has 0 radical (unpaired) electrons. The number of rotatable bonds is 5. The van der Waals surface area contributed by atoms with Gasteiger partial charge < -0.3 is 15.4 Å². The highest BCUT2D eigenvalue weighted by Crippen LogP contribution is 2.16. The third-order valence-electron chi connectivity index (χ3n) is 2.92. The molecule has 23 heavy (non-hydrogen) atoms. The number of aromatic nitrogens is 2. The summed E-state index contributed by atoms with van der Waals surface area (Å²) in [5.41, 5.74) is -0.292. The number of amides is 1. The second kappa shape index (κ2) is 7.46. The number of allylic oxidation sites excluding steroid dienone is 2. The summed E-state index contributed by atoms with van der Waals surface area (Å²) < 4.78 is 0. The summed E-state index contributed by atoms with van der Waals surface area (Å²) in [5.74, 6) is -1.32. The Kier molecular flexibility index (Phi) is 5.37. The molecule has 0 unspecified atom stereocenters. The van der Waals surface area contributed by atoms with Gasteiger partial charge in [0.05, 0.1) is 0 Å². The third kappa shape index (κ3) is 4.10. The zero-order valence-electron chi connectivity index (χ0n) is 12.1. The van der Waals surface area contributed by atoms with Crippen molar-refractivity contribution in [1.82, 2.24) is 15.3 Å². The maximum absolute atomic E-state index is 12.2. The number of aromatic hydroxyl groups is 1. The van der Waals surface area contributed by atoms with Crippen LogP contribution in [0, 0.1) is 0 Å². The van der Waals surface area contributed by atoms with Crippen molar-refractivity contribution in [3.63, 3.8) is 0 Å². The van der Waals surface area contributed by atoms with E-state index in [0.29, 0.717) is 4.91 Å². The maximum atomic E-state index is 12.2. The minimum Gasteiger partial charge on any atom is -0.501 e. The molecule has 0 aliphatic carbocycles. The number of aromatic amines is 1. The monoisotopic (exact) mass is 329 g/mol. The van der Waals surface area contributed by atoms with Crippen LogP contribution in [0.1, 0.15) is 21.9 Å². The van der Waals surface area contributed by atoms with Gasteiger partial charge in [0.1, 0.15) is 5.82 Å². The molecule has 0 atom stereocenters. The molecule has 1 heterocycles. The SMILES string of the molecule is C=C/C=C(\S)c1nc(C(=O)NCc2ccccc2)c(O)c(=O)[nH]1. The Morgan fingerprint density at radius 3 is 2.74 bits per heavy atom. The van der Waals surface area contributed by atoms with E-state index in [4.69, 9.17) is 0 Å². The van der Waals surface area contributed by atoms with E-state index in [2.05, 4.69) is 34.5 Å². The molecule has 0 saturated heterocycles. The first-order valence-corrected chi connectivity index (χ1v) is 7.15. The highest BCUT2D eigenvalue weighted by Gasteiger charge is 2.18. The fraction of sp³-hybridized carbons (Fsp3) is 0.0625. The van der Waals surface area contributed by atoms with Crippen molar-refractivity contribution in [2.75, 3.05) is 0 Å². The summed E-state index contributed by atoms with van der Waals surface area (Å²) in [5, 5.41) is 12.4. The molecule has 0 bridgehead atoms. The molecule has 0 spiro atoms. The lowest BCUT2D eigenvalue weighted by atomic mass is 10.2. The van der Waals surface area contributed by atoms with Crippen molar-refractivity contribution in [2.45, 2.75) is 6.54 Å². The van der Waals surface area contributed by atoms with E-state index in [1.807, 2.05) is 30.3 Å². The molecule has 0 fully saturated rings. The van der Waals surface area contributed by atoms with Crippen LogP contribution in [-0.4, -0.2) is 21.0 Å². The lowest BCUT2D eigenvalue weighted by Gasteiger charge is -2.08. The number of carbonyl (C=O) groups excluding carboxylic acids is 1. The Bertz CT molecular complexity index is 813. The number of carbonyl (C=O) groups is 1. The van der Waals surface area contributed by atoms with Gasteiger partial charge in [0.2, 0.25) is 5.75 Å². The van der Waals surface area contributed by atoms with Gasteiger partial charge in [-0.2, -0.15) is 0 Å². The zero-order valence-corrected chi connectivity index (χ0v) is 13.0. The summed E-state index contributed by atoms with van der Waals surface area (Å²) in [6.07, 6.45) is 2.97. The van der Waals surface area contributed by atoms with E-state index in [1.165, 1.54) is 12.2 Å². The number of nitrogens with zero attached hydrogens (tertiary/aromatic N) is 1. The van der Waals surface area contributed by atoms with E-state index in [1.54, 1.807) is 0 Å². The van der Waals surface area contributed by atoms with Crippen molar-refractivity contribution in [3.8, 4) is 5.75 Å². The van der Waals surface area contributed by atoms with Gasteiger partial charge in [-0.3, -0.25) is 9.59 Å². The first-order valence-electron chi connectivity index (χ1n) is 6.70. The van der Waals surface area contributed by atoms with Crippen LogP contribution < -0.4 is 10.9 Å². The predicted molar refractivity (Wildman–Crippen MR) is 91.3 cm³/mol. The molecule has 1 aromatic heterocycles. The number of hydrogen-bond donors (Lipinski definition) is 4. The summed E-state index contributed by atoms with van der Waals surface area (Å²) in [4.78, 5) is 30.5. The zero-order chi connectivity index (χ0) is 16.8. The molecule has 0 saturated carbocycles. The highest BCUT2D eigenvalue weighted by molar-refractivity contribution is 7.90. The second-order valence-electron chi connectivity index (χ2n) is 4.57. The molecule has 1 amide bonds. The van der Waals surface area contributed by atoms with Gasteiger partial charge in [-0.1, -0.05) is 43.0 Å². The number of benzene rings is 1. The van der Waals surface area contributed by atoms with Crippen LogP contribution in [-0.2, 0) is 6.54 Å². The largest absolute Gasteiger partial charge is 0.501 e. The van der Waals surface area contributed by atoms with Gasteiger partial charge in [-0.05, 0) is 11.6 Å². The number of thiol groups is 1. The van der Waals surface area contributed by atoms with Gasteiger partial charge in [-0.15, -0.1) is 12.6 Å². The topological polar surface area (TPSA) is 95.1 Å². The Hall–Kier alpha value is -2.80. The highest BCUT2D eigenvalue weighted by atomic mass is 32.1. The summed E-state index contributed by atoms with van der Waals surface area (Å²) >= 11 is 4.15. The van der Waals surface area contributed by atoms with Crippen LogP contribution in [0.5, 0.6) is 5.75 Å². The Morgan fingerprint density at radius 1 is 1.39 bits per heavy atom. The molecule has 0 aliphatic rings. The van der Waals surface area contributed by atoms with Crippen LogP contribution >= 0.6 is 12.6 Å². The van der Waals surface area contributed by atoms with Crippen LogP contribution in [0.15, 0.2) is 53.9 Å². The van der Waals surface area contributed by atoms with Gasteiger partial charge >= 0.3 is 0 Å². The molecule has 118 valence electrons. The average molecular weight is 329 g/mol. The number of hydrogen-bond acceptors (Lipinski definition) is 5. The van der Waals surface area contributed by atoms with E-state index in [0.717, 1.165) is 5.56 Å². The van der Waals surface area contributed by atoms with Crippen LogP contribution in [0.3, 0.4) is 0 Å². The smallest absolute Gasteiger partial charge is 0.294 e. The lowest BCUT2D eigenvalue weighted by Crippen LogP contribution is -2.27. The van der Waals surface area contributed by atoms with Crippen LogP contribution in [0.2, 0.25) is 0 Å². The lowest BCUT2D eigenvalue weighted by molar-refractivity contribution is 0.0942. The Balaban J connectivity index is 2.27. The number of nitrogens with one attached hydrogen (secondary N) is 2. The van der Waals surface area contributed by atoms with E-state index in [-0.39, 0.29) is 18.1 Å². The van der Waals surface area contributed by atoms with Crippen molar-refractivity contribution < 1.29 is 9.90 Å². The minimum absolute atomic E-state index is 0.0703. The molecular formula is C16H15N3O3S. The van der Waals surface area contributed by atoms with E-state index >= 15 is 0 Å². The van der Waals surface area contributed by atoms with Crippen molar-refractivity contribution in [2.24, 2.45) is 0 Å². The predicted octanol–water partition coefficient (Wildman–Crippen LogP) is 1.86. The van der Waals surface area contributed by atoms with E-state index in [9.17, 15) is 14.7 Å². The average Bonchev–Trinajstić information content (AvgIpc) is 2.56.